The molecule has 10 heteroatoms. The van der Waals surface area contributed by atoms with Crippen LogP contribution in [0.1, 0.15) is 31.3 Å². The highest BCUT2D eigenvalue weighted by molar-refractivity contribution is 5.93. The third-order valence-electron chi connectivity index (χ3n) is 4.63. The second kappa shape index (κ2) is 8.75. The Morgan fingerprint density at radius 3 is 2.23 bits per heavy atom. The van der Waals surface area contributed by atoms with Gasteiger partial charge in [0.1, 0.15) is 11.4 Å². The van der Waals surface area contributed by atoms with Crippen molar-refractivity contribution < 1.29 is 23.5 Å². The minimum Gasteiger partial charge on any atom is -0.464 e. The van der Waals surface area contributed by atoms with Crippen LogP contribution in [0.2, 0.25) is 0 Å². The van der Waals surface area contributed by atoms with Crippen molar-refractivity contribution in [2.45, 2.75) is 26.4 Å². The topological polar surface area (TPSA) is 94.0 Å². The molecule has 2 aromatic rings. The molecule has 0 saturated carbocycles. The number of hydrogen-bond donors (Lipinski definition) is 0. The van der Waals surface area contributed by atoms with Crippen molar-refractivity contribution >= 4 is 17.7 Å². The van der Waals surface area contributed by atoms with Crippen molar-refractivity contribution in [1.82, 2.24) is 14.7 Å². The molecule has 0 aliphatic carbocycles. The molecule has 0 atom stereocenters. The van der Waals surface area contributed by atoms with Gasteiger partial charge < -0.3 is 19.3 Å². The van der Waals surface area contributed by atoms with E-state index in [2.05, 4.69) is 5.10 Å². The molecule has 31 heavy (non-hydrogen) atoms. The van der Waals surface area contributed by atoms with Gasteiger partial charge in [-0.25, -0.2) is 14.0 Å². The monoisotopic (exact) mass is 432 g/mol. The van der Waals surface area contributed by atoms with Crippen LogP contribution in [0.3, 0.4) is 0 Å². The van der Waals surface area contributed by atoms with Crippen LogP contribution in [0.5, 0.6) is 0 Å². The summed E-state index contributed by atoms with van der Waals surface area (Å²) in [6.07, 6.45) is -0.412. The molecule has 1 aliphatic heterocycles. The van der Waals surface area contributed by atoms with E-state index < -0.39 is 29.0 Å². The summed E-state index contributed by atoms with van der Waals surface area (Å²) in [5, 5.41) is 4.18. The van der Waals surface area contributed by atoms with Gasteiger partial charge in [-0.1, -0.05) is 0 Å². The van der Waals surface area contributed by atoms with E-state index in [0.717, 1.165) is 4.68 Å². The van der Waals surface area contributed by atoms with Crippen molar-refractivity contribution in [1.29, 1.82) is 0 Å². The molecule has 1 fully saturated rings. The van der Waals surface area contributed by atoms with Gasteiger partial charge in [0.05, 0.1) is 18.5 Å². The van der Waals surface area contributed by atoms with Crippen LogP contribution in [-0.4, -0.2) is 65.6 Å². The number of nitrogens with zero attached hydrogens (tertiary/aromatic N) is 4. The predicted molar refractivity (Wildman–Crippen MR) is 111 cm³/mol. The molecule has 1 aromatic carbocycles. The lowest BCUT2D eigenvalue weighted by atomic mass is 10.2. The lowest BCUT2D eigenvalue weighted by Gasteiger charge is -2.37. The van der Waals surface area contributed by atoms with E-state index in [1.165, 1.54) is 37.4 Å². The van der Waals surface area contributed by atoms with E-state index in [1.807, 2.05) is 0 Å². The van der Waals surface area contributed by atoms with Crippen LogP contribution in [-0.2, 0) is 9.47 Å². The number of halogens is 1. The number of carbonyl (C=O) groups excluding carboxylic acids is 2. The molecule has 0 unspecified atom stereocenters. The molecule has 0 radical (unpaired) electrons. The maximum absolute atomic E-state index is 13.2. The van der Waals surface area contributed by atoms with Gasteiger partial charge in [0.25, 0.3) is 5.56 Å². The Morgan fingerprint density at radius 1 is 1.06 bits per heavy atom. The summed E-state index contributed by atoms with van der Waals surface area (Å²) in [6.45, 7) is 6.87. The van der Waals surface area contributed by atoms with Gasteiger partial charge in [0.2, 0.25) is 0 Å². The van der Waals surface area contributed by atoms with Gasteiger partial charge in [0, 0.05) is 32.2 Å². The van der Waals surface area contributed by atoms with E-state index in [9.17, 15) is 18.8 Å². The van der Waals surface area contributed by atoms with Gasteiger partial charge in [-0.05, 0) is 45.0 Å². The summed E-state index contributed by atoms with van der Waals surface area (Å²) in [5.74, 6) is -1.16. The third kappa shape index (κ3) is 5.19. The van der Waals surface area contributed by atoms with Crippen LogP contribution < -0.4 is 10.5 Å². The number of piperazine rings is 1. The summed E-state index contributed by atoms with van der Waals surface area (Å²) in [7, 11) is 1.22. The molecule has 2 heterocycles. The fraction of sp³-hybridized carbons (Fsp3) is 0.429. The standard InChI is InChI=1S/C21H25FN4O5/c1-21(2,3)31-20(29)25-11-9-24(10-12-25)16-13-17(27)26(23-18(16)19(28)30-4)15-7-5-14(22)6-8-15/h5-8,13H,9-12H2,1-4H3. The highest BCUT2D eigenvalue weighted by Crippen LogP contribution is 2.21. The first-order valence-corrected chi connectivity index (χ1v) is 9.80. The molecule has 1 amide bonds. The first kappa shape index (κ1) is 22.3. The lowest BCUT2D eigenvalue weighted by Crippen LogP contribution is -2.50. The zero-order valence-electron chi connectivity index (χ0n) is 17.9. The second-order valence-electron chi connectivity index (χ2n) is 8.05. The molecule has 166 valence electrons. The van der Waals surface area contributed by atoms with Crippen LogP contribution in [0, 0.1) is 5.82 Å². The summed E-state index contributed by atoms with van der Waals surface area (Å²) < 4.78 is 24.5. The second-order valence-corrected chi connectivity index (χ2v) is 8.05. The largest absolute Gasteiger partial charge is 0.464 e. The molecule has 9 nitrogen and oxygen atoms in total. The van der Waals surface area contributed by atoms with Crippen molar-refractivity contribution in [3.63, 3.8) is 0 Å². The van der Waals surface area contributed by atoms with Crippen molar-refractivity contribution in [2.75, 3.05) is 38.2 Å². The fourth-order valence-corrected chi connectivity index (χ4v) is 3.15. The minimum absolute atomic E-state index is 0.0443. The van der Waals surface area contributed by atoms with E-state index in [4.69, 9.17) is 9.47 Å². The normalized spacial score (nSPS) is 14.4. The van der Waals surface area contributed by atoms with Crippen LogP contribution in [0.15, 0.2) is 35.1 Å². The number of amides is 1. The number of esters is 1. The first-order chi connectivity index (χ1) is 14.6. The maximum Gasteiger partial charge on any atom is 0.410 e. The van der Waals surface area contributed by atoms with Gasteiger partial charge in [-0.3, -0.25) is 4.79 Å². The molecule has 0 bridgehead atoms. The lowest BCUT2D eigenvalue weighted by molar-refractivity contribution is 0.0240. The van der Waals surface area contributed by atoms with E-state index in [0.29, 0.717) is 37.6 Å². The fourth-order valence-electron chi connectivity index (χ4n) is 3.15. The van der Waals surface area contributed by atoms with E-state index in [1.54, 1.807) is 30.6 Å². The molecule has 3 rings (SSSR count). The van der Waals surface area contributed by atoms with Crippen molar-refractivity contribution in [2.24, 2.45) is 0 Å². The van der Waals surface area contributed by atoms with Crippen molar-refractivity contribution in [3.05, 3.63) is 52.2 Å². The predicted octanol–water partition coefficient (Wildman–Crippen LogP) is 2.22. The Kier molecular flexibility index (Phi) is 6.28. The number of carbonyl (C=O) groups is 2. The van der Waals surface area contributed by atoms with Gasteiger partial charge in [-0.15, -0.1) is 0 Å². The third-order valence-corrected chi connectivity index (χ3v) is 4.63. The summed E-state index contributed by atoms with van der Waals surface area (Å²) in [5.41, 5.74) is -0.487. The number of methoxy groups -OCH3 is 1. The Morgan fingerprint density at radius 2 is 1.68 bits per heavy atom. The number of benzene rings is 1. The highest BCUT2D eigenvalue weighted by atomic mass is 19.1. The van der Waals surface area contributed by atoms with Gasteiger partial charge in [0.15, 0.2) is 5.69 Å². The van der Waals surface area contributed by atoms with Crippen LogP contribution >= 0.6 is 0 Å². The van der Waals surface area contributed by atoms with Crippen LogP contribution in [0.25, 0.3) is 5.69 Å². The summed E-state index contributed by atoms with van der Waals surface area (Å²) in [4.78, 5) is 40.7. The Balaban J connectivity index is 1.87. The Labute approximate surface area is 179 Å². The number of hydrogen-bond acceptors (Lipinski definition) is 7. The first-order valence-electron chi connectivity index (χ1n) is 9.80. The Hall–Kier alpha value is -3.43. The number of rotatable bonds is 3. The molecular formula is C21H25FN4O5. The van der Waals surface area contributed by atoms with Crippen LogP contribution in [0.4, 0.5) is 14.9 Å². The van der Waals surface area contributed by atoms with Gasteiger partial charge in [-0.2, -0.15) is 9.78 Å². The van der Waals surface area contributed by atoms with Gasteiger partial charge >= 0.3 is 12.1 Å². The zero-order valence-corrected chi connectivity index (χ0v) is 17.9. The average molecular weight is 432 g/mol. The SMILES string of the molecule is COC(=O)c1nn(-c2ccc(F)cc2)c(=O)cc1N1CCN(C(=O)OC(C)(C)C)CC1. The molecule has 0 spiro atoms. The summed E-state index contributed by atoms with van der Waals surface area (Å²) in [6, 6.07) is 6.48. The number of anilines is 1. The highest BCUT2D eigenvalue weighted by Gasteiger charge is 2.29. The van der Waals surface area contributed by atoms with E-state index >= 15 is 0 Å². The maximum atomic E-state index is 13.2. The smallest absolute Gasteiger partial charge is 0.410 e. The number of aromatic nitrogens is 2. The Bertz CT molecular complexity index is 1020. The molecular weight excluding hydrogens is 407 g/mol. The molecule has 1 aromatic heterocycles. The minimum atomic E-state index is -0.708. The van der Waals surface area contributed by atoms with E-state index in [-0.39, 0.29) is 5.69 Å². The molecule has 1 saturated heterocycles. The zero-order chi connectivity index (χ0) is 22.8. The van der Waals surface area contributed by atoms with Crippen molar-refractivity contribution in [3.8, 4) is 5.69 Å². The summed E-state index contributed by atoms with van der Waals surface area (Å²) >= 11 is 0. The molecule has 0 N–H and O–H groups in total. The molecule has 1 aliphatic rings. The number of ether oxygens (including phenoxy) is 2. The quantitative estimate of drug-likeness (QED) is 0.687. The average Bonchev–Trinajstić information content (AvgIpc) is 2.72.